The molecule has 0 radical (unpaired) electrons. The second-order valence-corrected chi connectivity index (χ2v) is 8.88. The van der Waals surface area contributed by atoms with E-state index in [-0.39, 0.29) is 36.7 Å². The lowest BCUT2D eigenvalue weighted by Crippen LogP contribution is -2.50. The van der Waals surface area contributed by atoms with E-state index in [9.17, 15) is 19.2 Å². The predicted molar refractivity (Wildman–Crippen MR) is 129 cm³/mol. The van der Waals surface area contributed by atoms with Gasteiger partial charge in [-0.2, -0.15) is 0 Å². The topological polar surface area (TPSA) is 116 Å². The van der Waals surface area contributed by atoms with Gasteiger partial charge in [-0.1, -0.05) is 29.4 Å². The molecule has 0 atom stereocenters. The summed E-state index contributed by atoms with van der Waals surface area (Å²) in [6, 6.07) is 15.4. The van der Waals surface area contributed by atoms with Crippen LogP contribution in [0.25, 0.3) is 0 Å². The van der Waals surface area contributed by atoms with Crippen LogP contribution in [0.4, 0.5) is 5.82 Å². The molecule has 0 spiro atoms. The fourth-order valence-corrected chi connectivity index (χ4v) is 4.47. The van der Waals surface area contributed by atoms with E-state index in [1.807, 2.05) is 4.90 Å². The van der Waals surface area contributed by atoms with Crippen LogP contribution >= 0.6 is 0 Å². The summed E-state index contributed by atoms with van der Waals surface area (Å²) in [6.45, 7) is 4.14. The highest BCUT2D eigenvalue weighted by molar-refractivity contribution is 6.21. The number of nitrogens with zero attached hydrogens (tertiary/aromatic N) is 4. The maximum Gasteiger partial charge on any atom is 0.261 e. The first-order valence-corrected chi connectivity index (χ1v) is 11.7. The third-order valence-corrected chi connectivity index (χ3v) is 6.31. The summed E-state index contributed by atoms with van der Waals surface area (Å²) in [7, 11) is 0. The number of piperazine rings is 1. The Balaban J connectivity index is 1.16. The first kappa shape index (κ1) is 23.4. The van der Waals surface area contributed by atoms with Gasteiger partial charge >= 0.3 is 0 Å². The van der Waals surface area contributed by atoms with Gasteiger partial charge in [-0.25, -0.2) is 0 Å². The van der Waals surface area contributed by atoms with Gasteiger partial charge in [-0.3, -0.25) is 29.0 Å². The lowest BCUT2D eigenvalue weighted by molar-refractivity contribution is -0.117. The number of carbonyl (C=O) groups is 4. The third kappa shape index (κ3) is 4.76. The molecule has 36 heavy (non-hydrogen) atoms. The van der Waals surface area contributed by atoms with Crippen molar-refractivity contribution >= 4 is 29.4 Å². The standard InChI is InChI=1S/C26H25N5O5/c1-17-13-22(28-36-17)27-23(32)16-29-9-11-30(12-10-29)24(33)19-6-4-5-18(14-19)15-31-25(34)20-7-2-3-8-21(20)26(31)35/h2-8,13-14H,9-12,15-16H2,1H3,(H,27,28,32). The summed E-state index contributed by atoms with van der Waals surface area (Å²) in [5.41, 5.74) is 2.00. The minimum atomic E-state index is -0.328. The van der Waals surface area contributed by atoms with Crippen molar-refractivity contribution in [2.75, 3.05) is 38.0 Å². The molecule has 1 saturated heterocycles. The average Bonchev–Trinajstić information content (AvgIpc) is 3.40. The van der Waals surface area contributed by atoms with Crippen molar-refractivity contribution in [2.45, 2.75) is 13.5 Å². The molecule has 5 rings (SSSR count). The van der Waals surface area contributed by atoms with Crippen LogP contribution in [0.3, 0.4) is 0 Å². The average molecular weight is 488 g/mol. The maximum atomic E-state index is 13.1. The highest BCUT2D eigenvalue weighted by Crippen LogP contribution is 2.24. The Bertz CT molecular complexity index is 1310. The Hall–Kier alpha value is -4.31. The smallest absolute Gasteiger partial charge is 0.261 e. The van der Waals surface area contributed by atoms with Crippen LogP contribution in [0, 0.1) is 6.92 Å². The summed E-state index contributed by atoms with van der Waals surface area (Å²) in [4.78, 5) is 55.7. The molecular weight excluding hydrogens is 462 g/mol. The van der Waals surface area contributed by atoms with Gasteiger partial charge in [0, 0.05) is 37.8 Å². The molecule has 0 unspecified atom stereocenters. The van der Waals surface area contributed by atoms with Gasteiger partial charge in [0.05, 0.1) is 24.2 Å². The quantitative estimate of drug-likeness (QED) is 0.530. The fourth-order valence-electron chi connectivity index (χ4n) is 4.47. The van der Waals surface area contributed by atoms with Crippen LogP contribution in [0.15, 0.2) is 59.1 Å². The molecule has 0 bridgehead atoms. The second kappa shape index (κ2) is 9.74. The molecule has 3 aromatic rings. The molecular formula is C26H25N5O5. The van der Waals surface area contributed by atoms with E-state index in [1.165, 1.54) is 4.90 Å². The fraction of sp³-hybridized carbons (Fsp3) is 0.269. The normalized spacial score (nSPS) is 15.8. The Kier molecular flexibility index (Phi) is 6.34. The predicted octanol–water partition coefficient (Wildman–Crippen LogP) is 2.18. The molecule has 184 valence electrons. The Morgan fingerprint density at radius 1 is 0.944 bits per heavy atom. The molecule has 0 aliphatic carbocycles. The number of benzene rings is 2. The number of hydrogen-bond acceptors (Lipinski definition) is 7. The summed E-state index contributed by atoms with van der Waals surface area (Å²) >= 11 is 0. The number of aromatic nitrogens is 1. The van der Waals surface area contributed by atoms with Gasteiger partial charge in [0.2, 0.25) is 5.91 Å². The van der Waals surface area contributed by atoms with Crippen LogP contribution in [0.2, 0.25) is 0 Å². The van der Waals surface area contributed by atoms with Crippen molar-refractivity contribution in [3.05, 3.63) is 82.6 Å². The Morgan fingerprint density at radius 3 is 2.28 bits per heavy atom. The Labute approximate surface area is 207 Å². The largest absolute Gasteiger partial charge is 0.360 e. The van der Waals surface area contributed by atoms with Gasteiger partial charge in [-0.15, -0.1) is 0 Å². The molecule has 1 N–H and O–H groups in total. The zero-order chi connectivity index (χ0) is 25.2. The van der Waals surface area contributed by atoms with Crippen molar-refractivity contribution in [3.8, 4) is 0 Å². The highest BCUT2D eigenvalue weighted by Gasteiger charge is 2.35. The molecule has 0 saturated carbocycles. The lowest BCUT2D eigenvalue weighted by atomic mass is 10.1. The number of amides is 4. The van der Waals surface area contributed by atoms with Gasteiger partial charge < -0.3 is 14.7 Å². The van der Waals surface area contributed by atoms with Crippen LogP contribution in [-0.4, -0.2) is 76.2 Å². The van der Waals surface area contributed by atoms with Crippen LogP contribution in [0.1, 0.15) is 42.4 Å². The number of nitrogens with one attached hydrogen (secondary N) is 1. The van der Waals surface area contributed by atoms with Gasteiger partial charge in [-0.05, 0) is 36.8 Å². The van der Waals surface area contributed by atoms with E-state index in [2.05, 4.69) is 10.5 Å². The summed E-state index contributed by atoms with van der Waals surface area (Å²) in [6.07, 6.45) is 0. The molecule has 2 aliphatic heterocycles. The van der Waals surface area contributed by atoms with E-state index in [0.717, 1.165) is 0 Å². The number of fused-ring (bicyclic) bond motifs is 1. The summed E-state index contributed by atoms with van der Waals surface area (Å²) in [5.74, 6) is 0.0281. The van der Waals surface area contributed by atoms with Crippen LogP contribution in [-0.2, 0) is 11.3 Å². The Morgan fingerprint density at radius 2 is 1.64 bits per heavy atom. The monoisotopic (exact) mass is 487 g/mol. The molecule has 2 aromatic carbocycles. The van der Waals surface area contributed by atoms with Gasteiger partial charge in [0.1, 0.15) is 5.76 Å². The van der Waals surface area contributed by atoms with Crippen molar-refractivity contribution in [1.29, 1.82) is 0 Å². The highest BCUT2D eigenvalue weighted by atomic mass is 16.5. The number of rotatable bonds is 6. The number of carbonyl (C=O) groups excluding carboxylic acids is 4. The van der Waals surface area contributed by atoms with Crippen molar-refractivity contribution in [1.82, 2.24) is 19.9 Å². The lowest BCUT2D eigenvalue weighted by Gasteiger charge is -2.34. The van der Waals surface area contributed by atoms with E-state index < -0.39 is 0 Å². The minimum absolute atomic E-state index is 0.0986. The SMILES string of the molecule is Cc1cc(NC(=O)CN2CCN(C(=O)c3cccc(CN4C(=O)c5ccccc5C4=O)c3)CC2)no1. The second-order valence-electron chi connectivity index (χ2n) is 8.88. The number of aryl methyl sites for hydroxylation is 1. The van der Waals surface area contributed by atoms with E-state index in [4.69, 9.17) is 4.52 Å². The molecule has 10 heteroatoms. The zero-order valence-electron chi connectivity index (χ0n) is 19.8. The first-order chi connectivity index (χ1) is 17.4. The van der Waals surface area contributed by atoms with Gasteiger partial charge in [0.25, 0.3) is 17.7 Å². The molecule has 1 aromatic heterocycles. The van der Waals surface area contributed by atoms with E-state index in [1.54, 1.807) is 66.4 Å². The molecule has 4 amide bonds. The van der Waals surface area contributed by atoms with E-state index >= 15 is 0 Å². The first-order valence-electron chi connectivity index (χ1n) is 11.7. The summed E-state index contributed by atoms with van der Waals surface area (Å²) in [5, 5.41) is 6.46. The van der Waals surface area contributed by atoms with Crippen LogP contribution < -0.4 is 5.32 Å². The van der Waals surface area contributed by atoms with Crippen molar-refractivity contribution in [3.63, 3.8) is 0 Å². The zero-order valence-corrected chi connectivity index (χ0v) is 19.8. The third-order valence-electron chi connectivity index (χ3n) is 6.31. The van der Waals surface area contributed by atoms with Gasteiger partial charge in [0.15, 0.2) is 5.82 Å². The summed E-state index contributed by atoms with van der Waals surface area (Å²) < 4.78 is 4.95. The molecule has 10 nitrogen and oxygen atoms in total. The van der Waals surface area contributed by atoms with E-state index in [0.29, 0.717) is 60.0 Å². The number of anilines is 1. The van der Waals surface area contributed by atoms with Crippen molar-refractivity contribution in [2.24, 2.45) is 0 Å². The minimum Gasteiger partial charge on any atom is -0.360 e. The van der Waals surface area contributed by atoms with Crippen molar-refractivity contribution < 1.29 is 23.7 Å². The maximum absolute atomic E-state index is 13.1. The molecule has 1 fully saturated rings. The molecule has 2 aliphatic rings. The number of imide groups is 1. The number of hydrogen-bond donors (Lipinski definition) is 1. The van der Waals surface area contributed by atoms with Crippen LogP contribution in [0.5, 0.6) is 0 Å². The molecule has 3 heterocycles.